The summed E-state index contributed by atoms with van der Waals surface area (Å²) >= 11 is 1.39. The zero-order valence-corrected chi connectivity index (χ0v) is 16.6. The predicted molar refractivity (Wildman–Crippen MR) is 102 cm³/mol. The summed E-state index contributed by atoms with van der Waals surface area (Å²) in [4.78, 5) is 20.2. The Morgan fingerprint density at radius 3 is 2.85 bits per heavy atom. The molecule has 0 saturated heterocycles. The highest BCUT2D eigenvalue weighted by atomic mass is 32.2. The number of imidazole rings is 1. The number of carbonyl (C=O) groups is 1. The van der Waals surface area contributed by atoms with Gasteiger partial charge < -0.3 is 14.5 Å². The van der Waals surface area contributed by atoms with E-state index in [0.717, 1.165) is 34.8 Å². The van der Waals surface area contributed by atoms with E-state index in [4.69, 9.17) is 9.47 Å². The van der Waals surface area contributed by atoms with Crippen molar-refractivity contribution in [1.82, 2.24) is 9.97 Å². The second-order valence-corrected chi connectivity index (χ2v) is 9.27. The van der Waals surface area contributed by atoms with Crippen molar-refractivity contribution in [2.24, 2.45) is 16.7 Å². The van der Waals surface area contributed by atoms with Crippen molar-refractivity contribution in [3.8, 4) is 5.75 Å². The fraction of sp³-hybridized carbons (Fsp3) is 0.600. The Kier molecular flexibility index (Phi) is 4.21. The third kappa shape index (κ3) is 2.70. The van der Waals surface area contributed by atoms with Crippen LogP contribution in [0.4, 0.5) is 0 Å². The van der Waals surface area contributed by atoms with Crippen molar-refractivity contribution in [3.05, 3.63) is 18.2 Å². The molecule has 1 aromatic carbocycles. The number of hydrogen-bond acceptors (Lipinski definition) is 5. The maximum atomic E-state index is 12.4. The number of nitrogens with one attached hydrogen (secondary N) is 1. The Labute approximate surface area is 158 Å². The van der Waals surface area contributed by atoms with Gasteiger partial charge in [0.05, 0.1) is 23.9 Å². The molecule has 140 valence electrons. The van der Waals surface area contributed by atoms with Gasteiger partial charge in [-0.15, -0.1) is 0 Å². The summed E-state index contributed by atoms with van der Waals surface area (Å²) in [6, 6.07) is 5.69. The summed E-state index contributed by atoms with van der Waals surface area (Å²) in [5, 5.41) is 0.727. The second-order valence-electron chi connectivity index (χ2n) is 8.30. The van der Waals surface area contributed by atoms with E-state index in [-0.39, 0.29) is 28.7 Å². The monoisotopic (exact) mass is 374 g/mol. The van der Waals surface area contributed by atoms with Crippen LogP contribution in [-0.4, -0.2) is 34.9 Å². The molecule has 3 atom stereocenters. The standard InChI is InChI=1S/C20H26N2O3S/c1-19(2)12-7-8-20(19,3)16(9-12)25-17(23)11-26-18-21-14-6-5-13(24-4)10-15(14)22-18/h5-6,10,12,16H,7-9,11H2,1-4H3,(H,21,22)/t12-,16+,20-/m1/s1. The normalized spacial score (nSPS) is 29.2. The predicted octanol–water partition coefficient (Wildman–Crippen LogP) is 4.42. The number of H-pyrrole nitrogens is 1. The summed E-state index contributed by atoms with van der Waals surface area (Å²) in [6.07, 6.45) is 3.46. The van der Waals surface area contributed by atoms with Crippen LogP contribution in [0.25, 0.3) is 11.0 Å². The fourth-order valence-electron chi connectivity index (χ4n) is 4.79. The molecule has 2 bridgehead atoms. The topological polar surface area (TPSA) is 64.2 Å². The quantitative estimate of drug-likeness (QED) is 0.620. The Bertz CT molecular complexity index is 847. The highest BCUT2D eigenvalue weighted by Gasteiger charge is 2.62. The largest absolute Gasteiger partial charge is 0.497 e. The number of thioether (sulfide) groups is 1. The molecule has 0 aliphatic heterocycles. The van der Waals surface area contributed by atoms with Crippen molar-refractivity contribution in [2.75, 3.05) is 12.9 Å². The maximum Gasteiger partial charge on any atom is 0.316 e. The smallest absolute Gasteiger partial charge is 0.316 e. The number of esters is 1. The Morgan fingerprint density at radius 1 is 1.38 bits per heavy atom. The third-order valence-electron chi connectivity index (χ3n) is 6.98. The molecule has 0 amide bonds. The van der Waals surface area contributed by atoms with Gasteiger partial charge in [-0.1, -0.05) is 32.5 Å². The van der Waals surface area contributed by atoms with E-state index >= 15 is 0 Å². The molecular weight excluding hydrogens is 348 g/mol. The number of nitrogens with zero attached hydrogens (tertiary/aromatic N) is 1. The summed E-state index contributed by atoms with van der Waals surface area (Å²) in [5.41, 5.74) is 2.13. The van der Waals surface area contributed by atoms with Crippen LogP contribution in [0.1, 0.15) is 40.0 Å². The lowest BCUT2D eigenvalue weighted by molar-refractivity contribution is -0.153. The molecule has 26 heavy (non-hydrogen) atoms. The van der Waals surface area contributed by atoms with E-state index < -0.39 is 0 Å². The summed E-state index contributed by atoms with van der Waals surface area (Å²) < 4.78 is 11.1. The second kappa shape index (κ2) is 6.19. The Morgan fingerprint density at radius 2 is 2.19 bits per heavy atom. The maximum absolute atomic E-state index is 12.4. The van der Waals surface area contributed by atoms with E-state index in [1.54, 1.807) is 7.11 Å². The third-order valence-corrected chi connectivity index (χ3v) is 7.83. The van der Waals surface area contributed by atoms with E-state index in [1.165, 1.54) is 18.2 Å². The zero-order valence-electron chi connectivity index (χ0n) is 15.8. The van der Waals surface area contributed by atoms with E-state index in [9.17, 15) is 4.79 Å². The summed E-state index contributed by atoms with van der Waals surface area (Å²) in [5.74, 6) is 1.57. The first-order valence-corrected chi connectivity index (χ1v) is 10.2. The Balaban J connectivity index is 1.38. The molecule has 1 heterocycles. The van der Waals surface area contributed by atoms with E-state index in [2.05, 4.69) is 30.7 Å². The summed E-state index contributed by atoms with van der Waals surface area (Å²) in [7, 11) is 1.64. The average Bonchev–Trinajstić information content (AvgIpc) is 3.18. The van der Waals surface area contributed by atoms with Gasteiger partial charge in [-0.2, -0.15) is 0 Å². The molecule has 1 N–H and O–H groups in total. The van der Waals surface area contributed by atoms with Gasteiger partial charge in [-0.3, -0.25) is 4.79 Å². The first-order chi connectivity index (χ1) is 12.3. The first kappa shape index (κ1) is 17.7. The van der Waals surface area contributed by atoms with Gasteiger partial charge in [-0.05, 0) is 42.7 Å². The minimum atomic E-state index is -0.150. The number of fused-ring (bicyclic) bond motifs is 3. The number of rotatable bonds is 5. The molecule has 6 heteroatoms. The molecule has 2 aliphatic carbocycles. The number of aromatic nitrogens is 2. The van der Waals surface area contributed by atoms with E-state index in [1.807, 2.05) is 18.2 Å². The molecular formula is C20H26N2O3S. The molecule has 0 spiro atoms. The number of carbonyl (C=O) groups excluding carboxylic acids is 1. The van der Waals surface area contributed by atoms with Crippen molar-refractivity contribution < 1.29 is 14.3 Å². The van der Waals surface area contributed by atoms with Gasteiger partial charge in [-0.25, -0.2) is 4.98 Å². The van der Waals surface area contributed by atoms with Gasteiger partial charge in [0.25, 0.3) is 0 Å². The molecule has 4 rings (SSSR count). The van der Waals surface area contributed by atoms with Crippen LogP contribution in [-0.2, 0) is 9.53 Å². The number of aromatic amines is 1. The number of ether oxygens (including phenoxy) is 2. The lowest BCUT2D eigenvalue weighted by Gasteiger charge is -2.38. The molecule has 5 nitrogen and oxygen atoms in total. The van der Waals surface area contributed by atoms with Crippen molar-refractivity contribution >= 4 is 28.8 Å². The molecule has 0 radical (unpaired) electrons. The van der Waals surface area contributed by atoms with Crippen LogP contribution >= 0.6 is 11.8 Å². The lowest BCUT2D eigenvalue weighted by Crippen LogP contribution is -2.38. The van der Waals surface area contributed by atoms with Gasteiger partial charge in [0.15, 0.2) is 5.16 Å². The zero-order chi connectivity index (χ0) is 18.5. The highest BCUT2D eigenvalue weighted by Crippen LogP contribution is 2.66. The van der Waals surface area contributed by atoms with Gasteiger partial charge in [0.2, 0.25) is 0 Å². The highest BCUT2D eigenvalue weighted by molar-refractivity contribution is 7.99. The van der Waals surface area contributed by atoms with Crippen LogP contribution in [0.2, 0.25) is 0 Å². The van der Waals surface area contributed by atoms with E-state index in [0.29, 0.717) is 5.92 Å². The molecule has 2 aliphatic rings. The van der Waals surface area contributed by atoms with Crippen LogP contribution in [0.5, 0.6) is 5.75 Å². The Hall–Kier alpha value is -1.69. The van der Waals surface area contributed by atoms with Gasteiger partial charge in [0.1, 0.15) is 11.9 Å². The van der Waals surface area contributed by atoms with Crippen molar-refractivity contribution in [1.29, 1.82) is 0 Å². The molecule has 2 saturated carbocycles. The fourth-order valence-corrected chi connectivity index (χ4v) is 5.46. The minimum Gasteiger partial charge on any atom is -0.497 e. The minimum absolute atomic E-state index is 0.0456. The molecule has 0 unspecified atom stereocenters. The number of hydrogen-bond donors (Lipinski definition) is 1. The SMILES string of the molecule is COc1ccc2nc(SCC(=O)O[C@H]3C[C@H]4CC[C@@]3(C)C4(C)C)[nH]c2c1. The summed E-state index contributed by atoms with van der Waals surface area (Å²) in [6.45, 7) is 6.95. The van der Waals surface area contributed by atoms with Crippen LogP contribution < -0.4 is 4.74 Å². The average molecular weight is 375 g/mol. The van der Waals surface area contributed by atoms with Gasteiger partial charge in [0, 0.05) is 11.5 Å². The lowest BCUT2D eigenvalue weighted by atomic mass is 9.70. The molecule has 1 aromatic heterocycles. The van der Waals surface area contributed by atoms with Crippen LogP contribution in [0.3, 0.4) is 0 Å². The molecule has 2 fully saturated rings. The van der Waals surface area contributed by atoms with Crippen molar-refractivity contribution in [2.45, 2.75) is 51.3 Å². The van der Waals surface area contributed by atoms with Crippen LogP contribution in [0, 0.1) is 16.7 Å². The van der Waals surface area contributed by atoms with Crippen LogP contribution in [0.15, 0.2) is 23.4 Å². The van der Waals surface area contributed by atoms with Crippen molar-refractivity contribution in [3.63, 3.8) is 0 Å². The number of benzene rings is 1. The first-order valence-electron chi connectivity index (χ1n) is 9.19. The molecule has 2 aromatic rings. The van der Waals surface area contributed by atoms with Gasteiger partial charge >= 0.3 is 5.97 Å². The number of methoxy groups -OCH3 is 1.